The van der Waals surface area contributed by atoms with Crippen LogP contribution in [-0.4, -0.2) is 55.5 Å². The summed E-state index contributed by atoms with van der Waals surface area (Å²) in [7, 11) is 0. The van der Waals surface area contributed by atoms with E-state index in [0.717, 1.165) is 0 Å². The van der Waals surface area contributed by atoms with E-state index in [1.165, 1.54) is 6.26 Å². The fourth-order valence-corrected chi connectivity index (χ4v) is 3.34. The molecule has 0 radical (unpaired) electrons. The summed E-state index contributed by atoms with van der Waals surface area (Å²) in [4.78, 5) is 38.7. The monoisotopic (exact) mass is 448 g/mol. The van der Waals surface area contributed by atoms with Crippen LogP contribution in [0.4, 0.5) is 17.1 Å². The Balaban J connectivity index is 1.27. The highest BCUT2D eigenvalue weighted by molar-refractivity contribution is 6.02. The van der Waals surface area contributed by atoms with Crippen molar-refractivity contribution < 1.29 is 23.5 Å². The van der Waals surface area contributed by atoms with E-state index < -0.39 is 0 Å². The van der Waals surface area contributed by atoms with Gasteiger partial charge in [0.25, 0.3) is 11.8 Å². The molecule has 1 aliphatic heterocycles. The first kappa shape index (κ1) is 22.1. The van der Waals surface area contributed by atoms with Gasteiger partial charge in [-0.05, 0) is 54.6 Å². The molecular formula is C24H24N4O5. The predicted octanol–water partition coefficient (Wildman–Crippen LogP) is 3.05. The van der Waals surface area contributed by atoms with Crippen molar-refractivity contribution in [1.29, 1.82) is 0 Å². The highest BCUT2D eigenvalue weighted by Gasteiger charge is 2.18. The molecule has 170 valence electrons. The van der Waals surface area contributed by atoms with E-state index in [1.54, 1.807) is 65.6 Å². The Bertz CT molecular complexity index is 1110. The zero-order chi connectivity index (χ0) is 23.0. The van der Waals surface area contributed by atoms with E-state index in [1.807, 2.05) is 0 Å². The molecule has 3 aromatic rings. The van der Waals surface area contributed by atoms with Gasteiger partial charge in [0.1, 0.15) is 0 Å². The molecule has 9 nitrogen and oxygen atoms in total. The first-order valence-electron chi connectivity index (χ1n) is 10.5. The van der Waals surface area contributed by atoms with Gasteiger partial charge in [-0.2, -0.15) is 0 Å². The van der Waals surface area contributed by atoms with E-state index in [4.69, 9.17) is 9.15 Å². The molecule has 1 aliphatic rings. The van der Waals surface area contributed by atoms with E-state index >= 15 is 0 Å². The summed E-state index contributed by atoms with van der Waals surface area (Å²) < 4.78 is 10.4. The van der Waals surface area contributed by atoms with Crippen molar-refractivity contribution in [2.45, 2.75) is 0 Å². The van der Waals surface area contributed by atoms with Crippen LogP contribution in [0.1, 0.15) is 20.9 Å². The van der Waals surface area contributed by atoms with Gasteiger partial charge in [0.15, 0.2) is 5.76 Å². The second kappa shape index (κ2) is 10.5. The standard InChI is InChI=1S/C24H24N4O5/c29-22(26-18-8-6-17(7-9-18)24(31)28-10-13-32-14-11-28)16-25-19-3-1-4-20(15-19)27-23(30)21-5-2-12-33-21/h1-9,12,15,25H,10-11,13-14,16H2,(H,26,29)(H,27,30). The van der Waals surface area contributed by atoms with Gasteiger partial charge in [-0.25, -0.2) is 0 Å². The van der Waals surface area contributed by atoms with Crippen LogP contribution in [0.15, 0.2) is 71.3 Å². The van der Waals surface area contributed by atoms with Crippen LogP contribution in [0.5, 0.6) is 0 Å². The summed E-state index contributed by atoms with van der Waals surface area (Å²) in [6.45, 7) is 2.29. The third-order valence-corrected chi connectivity index (χ3v) is 5.03. The van der Waals surface area contributed by atoms with Crippen LogP contribution in [0.2, 0.25) is 0 Å². The lowest BCUT2D eigenvalue weighted by Crippen LogP contribution is -2.40. The fraction of sp³-hybridized carbons (Fsp3) is 0.208. The minimum absolute atomic E-state index is 0.0318. The molecule has 0 aliphatic carbocycles. The van der Waals surface area contributed by atoms with Gasteiger partial charge in [0.2, 0.25) is 5.91 Å². The second-order valence-corrected chi connectivity index (χ2v) is 7.40. The number of benzene rings is 2. The summed E-state index contributed by atoms with van der Waals surface area (Å²) in [5.74, 6) is -0.431. The fourth-order valence-electron chi connectivity index (χ4n) is 3.34. The molecule has 0 saturated carbocycles. The molecule has 4 rings (SSSR count). The van der Waals surface area contributed by atoms with Crippen molar-refractivity contribution in [3.8, 4) is 0 Å². The van der Waals surface area contributed by atoms with Crippen LogP contribution in [0.25, 0.3) is 0 Å². The molecule has 1 aromatic heterocycles. The van der Waals surface area contributed by atoms with Crippen molar-refractivity contribution in [2.24, 2.45) is 0 Å². The lowest BCUT2D eigenvalue weighted by molar-refractivity contribution is -0.114. The Morgan fingerprint density at radius 2 is 1.61 bits per heavy atom. The first-order valence-corrected chi connectivity index (χ1v) is 10.5. The maximum Gasteiger partial charge on any atom is 0.291 e. The predicted molar refractivity (Wildman–Crippen MR) is 123 cm³/mol. The van der Waals surface area contributed by atoms with Crippen molar-refractivity contribution >= 4 is 34.8 Å². The Hall–Kier alpha value is -4.11. The van der Waals surface area contributed by atoms with Crippen molar-refractivity contribution in [2.75, 3.05) is 48.8 Å². The quantitative estimate of drug-likeness (QED) is 0.512. The molecule has 33 heavy (non-hydrogen) atoms. The van der Waals surface area contributed by atoms with E-state index in [9.17, 15) is 14.4 Å². The van der Waals surface area contributed by atoms with Crippen molar-refractivity contribution in [3.63, 3.8) is 0 Å². The Morgan fingerprint density at radius 3 is 2.33 bits per heavy atom. The number of nitrogens with one attached hydrogen (secondary N) is 3. The van der Waals surface area contributed by atoms with Gasteiger partial charge in [-0.1, -0.05) is 6.07 Å². The maximum absolute atomic E-state index is 12.5. The number of carbonyl (C=O) groups is 3. The molecule has 0 spiro atoms. The molecule has 0 bridgehead atoms. The number of hydrogen-bond donors (Lipinski definition) is 3. The Labute approximate surface area is 190 Å². The zero-order valence-electron chi connectivity index (χ0n) is 17.9. The smallest absolute Gasteiger partial charge is 0.291 e. The average molecular weight is 448 g/mol. The van der Waals surface area contributed by atoms with Crippen molar-refractivity contribution in [3.05, 3.63) is 78.3 Å². The number of nitrogens with zero attached hydrogens (tertiary/aromatic N) is 1. The van der Waals surface area contributed by atoms with Crippen LogP contribution >= 0.6 is 0 Å². The number of anilines is 3. The number of amides is 3. The molecule has 1 saturated heterocycles. The molecule has 3 amide bonds. The van der Waals surface area contributed by atoms with E-state index in [-0.39, 0.29) is 30.0 Å². The highest BCUT2D eigenvalue weighted by atomic mass is 16.5. The SMILES string of the molecule is O=C(CNc1cccc(NC(=O)c2ccco2)c1)Nc1ccc(C(=O)N2CCOCC2)cc1. The molecule has 1 fully saturated rings. The van der Waals surface area contributed by atoms with Crippen LogP contribution in [0, 0.1) is 0 Å². The third kappa shape index (κ3) is 5.98. The normalized spacial score (nSPS) is 13.3. The largest absolute Gasteiger partial charge is 0.459 e. The van der Waals surface area contributed by atoms with Gasteiger partial charge >= 0.3 is 0 Å². The lowest BCUT2D eigenvalue weighted by atomic mass is 10.1. The van der Waals surface area contributed by atoms with Crippen LogP contribution in [0.3, 0.4) is 0 Å². The zero-order valence-corrected chi connectivity index (χ0v) is 17.9. The average Bonchev–Trinajstić information content (AvgIpc) is 3.39. The molecule has 9 heteroatoms. The number of ether oxygens (including phenoxy) is 1. The number of carbonyl (C=O) groups excluding carboxylic acids is 3. The number of morpholine rings is 1. The van der Waals surface area contributed by atoms with E-state index in [0.29, 0.717) is 48.9 Å². The second-order valence-electron chi connectivity index (χ2n) is 7.40. The molecular weight excluding hydrogens is 424 g/mol. The summed E-state index contributed by atoms with van der Waals surface area (Å²) in [6.07, 6.45) is 1.43. The topological polar surface area (TPSA) is 113 Å². The summed E-state index contributed by atoms with van der Waals surface area (Å²) in [5.41, 5.74) is 2.41. The number of rotatable bonds is 7. The minimum Gasteiger partial charge on any atom is -0.459 e. The molecule has 0 atom stereocenters. The Morgan fingerprint density at radius 1 is 0.848 bits per heavy atom. The first-order chi connectivity index (χ1) is 16.1. The number of furan rings is 1. The minimum atomic E-state index is -0.356. The van der Waals surface area contributed by atoms with Gasteiger partial charge in [0, 0.05) is 35.7 Å². The van der Waals surface area contributed by atoms with Gasteiger partial charge in [-0.3, -0.25) is 14.4 Å². The lowest BCUT2D eigenvalue weighted by Gasteiger charge is -2.26. The van der Waals surface area contributed by atoms with Gasteiger partial charge in [-0.15, -0.1) is 0 Å². The third-order valence-electron chi connectivity index (χ3n) is 5.03. The molecule has 2 heterocycles. The molecule has 3 N–H and O–H groups in total. The van der Waals surface area contributed by atoms with Crippen LogP contribution < -0.4 is 16.0 Å². The van der Waals surface area contributed by atoms with Crippen LogP contribution in [-0.2, 0) is 9.53 Å². The molecule has 0 unspecified atom stereocenters. The van der Waals surface area contributed by atoms with Crippen molar-refractivity contribution in [1.82, 2.24) is 4.90 Å². The maximum atomic E-state index is 12.5. The summed E-state index contributed by atoms with van der Waals surface area (Å²) in [5, 5.41) is 8.56. The van der Waals surface area contributed by atoms with E-state index in [2.05, 4.69) is 16.0 Å². The Kier molecular flexibility index (Phi) is 7.01. The summed E-state index contributed by atoms with van der Waals surface area (Å²) in [6, 6.07) is 17.1. The highest BCUT2D eigenvalue weighted by Crippen LogP contribution is 2.17. The number of hydrogen-bond acceptors (Lipinski definition) is 6. The van der Waals surface area contributed by atoms with Gasteiger partial charge in [0.05, 0.1) is 26.0 Å². The summed E-state index contributed by atoms with van der Waals surface area (Å²) >= 11 is 0. The molecule has 2 aromatic carbocycles. The van der Waals surface area contributed by atoms with Gasteiger partial charge < -0.3 is 30.0 Å².